The first kappa shape index (κ1) is 30.2. The third kappa shape index (κ3) is 5.50. The second kappa shape index (κ2) is 12.1. The number of aromatic hydroxyl groups is 2. The molecule has 8 rings (SSSR count). The molecule has 0 saturated heterocycles. The summed E-state index contributed by atoms with van der Waals surface area (Å²) < 4.78 is 28.3. The van der Waals surface area contributed by atoms with E-state index >= 15 is 0 Å². The Kier molecular flexibility index (Phi) is 7.47. The molecular formula is C44H30O4S. The zero-order valence-electron chi connectivity index (χ0n) is 26.3. The van der Waals surface area contributed by atoms with Crippen molar-refractivity contribution in [2.45, 2.75) is 9.79 Å². The Bertz CT molecular complexity index is 2470. The Labute approximate surface area is 284 Å². The number of sulfone groups is 1. The molecule has 0 amide bonds. The van der Waals surface area contributed by atoms with Crippen LogP contribution < -0.4 is 0 Å². The normalized spacial score (nSPS) is 11.6. The van der Waals surface area contributed by atoms with Crippen LogP contribution in [0.15, 0.2) is 180 Å². The van der Waals surface area contributed by atoms with Gasteiger partial charge in [-0.25, -0.2) is 8.42 Å². The van der Waals surface area contributed by atoms with Crippen molar-refractivity contribution in [3.05, 3.63) is 170 Å². The van der Waals surface area contributed by atoms with E-state index in [1.165, 1.54) is 36.4 Å². The number of hydrogen-bond acceptors (Lipinski definition) is 4. The maximum Gasteiger partial charge on any atom is 0.206 e. The van der Waals surface area contributed by atoms with Crippen LogP contribution in [0.25, 0.3) is 66.1 Å². The van der Waals surface area contributed by atoms with Gasteiger partial charge in [-0.3, -0.25) is 0 Å². The molecule has 8 aromatic carbocycles. The van der Waals surface area contributed by atoms with Crippen LogP contribution in [0.1, 0.15) is 0 Å². The summed E-state index contributed by atoms with van der Waals surface area (Å²) in [7, 11) is -4.04. The third-order valence-electron chi connectivity index (χ3n) is 9.11. The maximum absolute atomic E-state index is 14.1. The summed E-state index contributed by atoms with van der Waals surface area (Å²) in [5.74, 6) is -0.0451. The smallest absolute Gasteiger partial charge is 0.206 e. The summed E-state index contributed by atoms with van der Waals surface area (Å²) >= 11 is 0. The molecule has 0 atom stereocenters. The average molecular weight is 655 g/mol. The Morgan fingerprint density at radius 1 is 0.347 bits per heavy atom. The van der Waals surface area contributed by atoms with Crippen LogP contribution in [0.5, 0.6) is 11.5 Å². The number of phenolic OH excluding ortho intramolecular Hbond substituents is 2. The van der Waals surface area contributed by atoms with Gasteiger partial charge in [0, 0.05) is 11.1 Å². The molecule has 0 bridgehead atoms. The van der Waals surface area contributed by atoms with E-state index < -0.39 is 9.84 Å². The Hall–Kier alpha value is -6.17. The van der Waals surface area contributed by atoms with E-state index in [0.717, 1.165) is 43.8 Å². The second-order valence-electron chi connectivity index (χ2n) is 12.1. The fourth-order valence-electron chi connectivity index (χ4n) is 6.63. The molecule has 4 nitrogen and oxygen atoms in total. The standard InChI is InChI=1S/C44H30O4S/c45-43-23-21-35(27-41(43)33-15-5-13-31(25-33)39-19-7-11-29-9-1-3-17-37(29)39)49(47,48)36-22-24-44(46)42(28-36)34-16-6-14-32(26-34)40-20-8-12-30-10-2-4-18-38(30)40/h1-28,45-46H. The van der Waals surface area contributed by atoms with Gasteiger partial charge in [0.25, 0.3) is 0 Å². The number of fused-ring (bicyclic) bond motifs is 2. The molecule has 8 aromatic rings. The van der Waals surface area contributed by atoms with Gasteiger partial charge in [-0.05, 0) is 103 Å². The van der Waals surface area contributed by atoms with Crippen molar-refractivity contribution in [2.75, 3.05) is 0 Å². The molecule has 0 radical (unpaired) electrons. The maximum atomic E-state index is 14.1. The van der Waals surface area contributed by atoms with Crippen molar-refractivity contribution >= 4 is 31.4 Å². The van der Waals surface area contributed by atoms with E-state index in [4.69, 9.17) is 0 Å². The van der Waals surface area contributed by atoms with Crippen molar-refractivity contribution in [1.82, 2.24) is 0 Å². The first-order valence-corrected chi connectivity index (χ1v) is 17.4. The van der Waals surface area contributed by atoms with Crippen molar-refractivity contribution in [3.63, 3.8) is 0 Å². The van der Waals surface area contributed by atoms with Crippen LogP contribution >= 0.6 is 0 Å². The molecule has 2 N–H and O–H groups in total. The Morgan fingerprint density at radius 2 is 0.714 bits per heavy atom. The SMILES string of the molecule is O=S(=O)(c1ccc(O)c(-c2cccc(-c3cccc4ccccc34)c2)c1)c1ccc(O)c(-c2cccc(-c3cccc4ccccc34)c2)c1. The van der Waals surface area contributed by atoms with Crippen molar-refractivity contribution in [1.29, 1.82) is 0 Å². The summed E-state index contributed by atoms with van der Waals surface area (Å²) in [6.07, 6.45) is 0. The molecular weight excluding hydrogens is 625 g/mol. The molecule has 0 saturated carbocycles. The van der Waals surface area contributed by atoms with E-state index in [0.29, 0.717) is 22.3 Å². The molecule has 5 heteroatoms. The summed E-state index contributed by atoms with van der Waals surface area (Å²) in [5.41, 5.74) is 6.20. The summed E-state index contributed by atoms with van der Waals surface area (Å²) in [5, 5.41) is 26.3. The highest BCUT2D eigenvalue weighted by atomic mass is 32.2. The lowest BCUT2D eigenvalue weighted by atomic mass is 9.95. The fraction of sp³-hybridized carbons (Fsp3) is 0. The monoisotopic (exact) mass is 654 g/mol. The molecule has 0 unspecified atom stereocenters. The molecule has 0 aromatic heterocycles. The van der Waals surface area contributed by atoms with Crippen LogP contribution in [-0.2, 0) is 9.84 Å². The Balaban J connectivity index is 1.17. The molecule has 0 heterocycles. The van der Waals surface area contributed by atoms with E-state index in [1.807, 2.05) is 84.9 Å². The van der Waals surface area contributed by atoms with Gasteiger partial charge in [0.2, 0.25) is 9.84 Å². The summed E-state index contributed by atoms with van der Waals surface area (Å²) in [6.45, 7) is 0. The van der Waals surface area contributed by atoms with Gasteiger partial charge >= 0.3 is 0 Å². The molecule has 0 aliphatic carbocycles. The first-order valence-electron chi connectivity index (χ1n) is 16.0. The van der Waals surface area contributed by atoms with E-state index in [1.54, 1.807) is 0 Å². The minimum absolute atomic E-state index is 0.0225. The first-order chi connectivity index (χ1) is 23.9. The van der Waals surface area contributed by atoms with Crippen molar-refractivity contribution in [3.8, 4) is 56.0 Å². The third-order valence-corrected chi connectivity index (χ3v) is 10.9. The van der Waals surface area contributed by atoms with Crippen molar-refractivity contribution in [2.24, 2.45) is 0 Å². The number of hydrogen-bond donors (Lipinski definition) is 2. The van der Waals surface area contributed by atoms with Crippen LogP contribution in [0.4, 0.5) is 0 Å². The molecule has 0 spiro atoms. The van der Waals surface area contributed by atoms with Crippen LogP contribution in [0.2, 0.25) is 0 Å². The zero-order valence-corrected chi connectivity index (χ0v) is 27.1. The average Bonchev–Trinajstić information content (AvgIpc) is 3.14. The molecule has 0 aliphatic rings. The lowest BCUT2D eigenvalue weighted by Crippen LogP contribution is -2.03. The largest absolute Gasteiger partial charge is 0.507 e. The highest BCUT2D eigenvalue weighted by Crippen LogP contribution is 2.39. The van der Waals surface area contributed by atoms with Gasteiger partial charge in [0.05, 0.1) is 9.79 Å². The highest BCUT2D eigenvalue weighted by molar-refractivity contribution is 7.91. The van der Waals surface area contributed by atoms with E-state index in [-0.39, 0.29) is 21.3 Å². The summed E-state index contributed by atoms with van der Waals surface area (Å²) in [6, 6.07) is 52.8. The zero-order chi connectivity index (χ0) is 33.5. The number of phenols is 2. The number of rotatable bonds is 6. The lowest BCUT2D eigenvalue weighted by molar-refractivity contribution is 0.476. The van der Waals surface area contributed by atoms with Gasteiger partial charge in [0.1, 0.15) is 11.5 Å². The molecule has 236 valence electrons. The quantitative estimate of drug-likeness (QED) is 0.187. The predicted octanol–water partition coefficient (Wildman–Crippen LogP) is 10.9. The molecule has 0 fully saturated rings. The van der Waals surface area contributed by atoms with Crippen LogP contribution in [-0.4, -0.2) is 18.6 Å². The Morgan fingerprint density at radius 3 is 1.16 bits per heavy atom. The van der Waals surface area contributed by atoms with Crippen molar-refractivity contribution < 1.29 is 18.6 Å². The van der Waals surface area contributed by atoms with Gasteiger partial charge in [-0.15, -0.1) is 0 Å². The van der Waals surface area contributed by atoms with Crippen LogP contribution in [0.3, 0.4) is 0 Å². The predicted molar refractivity (Wildman–Crippen MR) is 198 cm³/mol. The van der Waals surface area contributed by atoms with E-state index in [2.05, 4.69) is 48.5 Å². The minimum atomic E-state index is -4.04. The second-order valence-corrected chi connectivity index (χ2v) is 14.0. The van der Waals surface area contributed by atoms with Gasteiger partial charge in [-0.2, -0.15) is 0 Å². The molecule has 0 aliphatic heterocycles. The fourth-order valence-corrected chi connectivity index (χ4v) is 7.94. The number of benzene rings is 8. The van der Waals surface area contributed by atoms with Gasteiger partial charge in [0.15, 0.2) is 0 Å². The van der Waals surface area contributed by atoms with Gasteiger partial charge in [-0.1, -0.05) is 121 Å². The van der Waals surface area contributed by atoms with Crippen LogP contribution in [0, 0.1) is 0 Å². The lowest BCUT2D eigenvalue weighted by Gasteiger charge is -2.13. The van der Waals surface area contributed by atoms with E-state index in [9.17, 15) is 18.6 Å². The van der Waals surface area contributed by atoms with Gasteiger partial charge < -0.3 is 10.2 Å². The molecule has 49 heavy (non-hydrogen) atoms. The highest BCUT2D eigenvalue weighted by Gasteiger charge is 2.22. The minimum Gasteiger partial charge on any atom is -0.507 e. The summed E-state index contributed by atoms with van der Waals surface area (Å²) in [4.78, 5) is 0.0778. The topological polar surface area (TPSA) is 74.6 Å².